The molecule has 0 spiro atoms. The van der Waals surface area contributed by atoms with Crippen molar-refractivity contribution < 1.29 is 9.53 Å². The fourth-order valence-corrected chi connectivity index (χ4v) is 4.49. The molecule has 2 aromatic carbocycles. The summed E-state index contributed by atoms with van der Waals surface area (Å²) in [6.07, 6.45) is 2.49. The summed E-state index contributed by atoms with van der Waals surface area (Å²) in [5.41, 5.74) is 2.02. The molecule has 1 aliphatic rings. The van der Waals surface area contributed by atoms with Crippen LogP contribution in [0.4, 0.5) is 5.13 Å². The second-order valence-corrected chi connectivity index (χ2v) is 8.37. The van der Waals surface area contributed by atoms with Crippen LogP contribution in [0.15, 0.2) is 60.8 Å². The van der Waals surface area contributed by atoms with Crippen LogP contribution in [0.2, 0.25) is 5.02 Å². The standard InChI is InChI=1S/C22H22ClN3O2S/c23-19-9-5-4-8-17(19)14-18-15-24-22(29-18)25-21(27)20(16-6-2-1-3-7-16)26-10-12-28-13-11-26/h1-9,15,20H,10-14H2,(H,24,25,27). The lowest BCUT2D eigenvalue weighted by atomic mass is 10.0. The largest absolute Gasteiger partial charge is 0.379 e. The first kappa shape index (κ1) is 20.0. The number of hydrogen-bond acceptors (Lipinski definition) is 5. The van der Waals surface area contributed by atoms with Gasteiger partial charge in [0, 0.05) is 35.6 Å². The summed E-state index contributed by atoms with van der Waals surface area (Å²) < 4.78 is 5.46. The number of nitrogens with zero attached hydrogens (tertiary/aromatic N) is 2. The van der Waals surface area contributed by atoms with Crippen LogP contribution < -0.4 is 5.32 Å². The van der Waals surface area contributed by atoms with Gasteiger partial charge >= 0.3 is 0 Å². The van der Waals surface area contributed by atoms with Crippen molar-refractivity contribution in [2.75, 3.05) is 31.6 Å². The fraction of sp³-hybridized carbons (Fsp3) is 0.273. The van der Waals surface area contributed by atoms with E-state index in [-0.39, 0.29) is 11.9 Å². The van der Waals surface area contributed by atoms with E-state index in [0.29, 0.717) is 24.8 Å². The van der Waals surface area contributed by atoms with Gasteiger partial charge in [-0.3, -0.25) is 9.69 Å². The average molecular weight is 428 g/mol. The van der Waals surface area contributed by atoms with Crippen LogP contribution in [0.25, 0.3) is 0 Å². The van der Waals surface area contributed by atoms with E-state index < -0.39 is 0 Å². The van der Waals surface area contributed by atoms with Gasteiger partial charge in [0.05, 0.1) is 13.2 Å². The van der Waals surface area contributed by atoms with Crippen molar-refractivity contribution in [2.24, 2.45) is 0 Å². The van der Waals surface area contributed by atoms with Crippen molar-refractivity contribution >= 4 is 34.0 Å². The molecule has 1 unspecified atom stereocenters. The van der Waals surface area contributed by atoms with Gasteiger partial charge in [0.1, 0.15) is 6.04 Å². The molecule has 1 aliphatic heterocycles. The minimum absolute atomic E-state index is 0.0725. The Hall–Kier alpha value is -2.25. The number of carbonyl (C=O) groups is 1. The molecular formula is C22H22ClN3O2S. The molecule has 1 saturated heterocycles. The molecule has 7 heteroatoms. The highest BCUT2D eigenvalue weighted by molar-refractivity contribution is 7.15. The second-order valence-electron chi connectivity index (χ2n) is 6.85. The molecule has 0 radical (unpaired) electrons. The molecule has 1 atom stereocenters. The number of aromatic nitrogens is 1. The summed E-state index contributed by atoms with van der Waals surface area (Å²) in [6.45, 7) is 2.72. The molecule has 5 nitrogen and oxygen atoms in total. The number of nitrogens with one attached hydrogen (secondary N) is 1. The van der Waals surface area contributed by atoms with Crippen LogP contribution in [0.3, 0.4) is 0 Å². The molecule has 3 aromatic rings. The van der Waals surface area contributed by atoms with Crippen molar-refractivity contribution in [3.05, 3.63) is 81.8 Å². The third-order valence-corrected chi connectivity index (χ3v) is 6.16. The minimum Gasteiger partial charge on any atom is -0.379 e. The molecule has 0 saturated carbocycles. The third kappa shape index (κ3) is 5.03. The third-order valence-electron chi connectivity index (χ3n) is 4.88. The van der Waals surface area contributed by atoms with E-state index >= 15 is 0 Å². The lowest BCUT2D eigenvalue weighted by molar-refractivity contribution is -0.123. The molecule has 2 heterocycles. The lowest BCUT2D eigenvalue weighted by Crippen LogP contribution is -2.43. The zero-order valence-electron chi connectivity index (χ0n) is 15.9. The first-order valence-electron chi connectivity index (χ1n) is 9.56. The molecule has 150 valence electrons. The summed E-state index contributed by atoms with van der Waals surface area (Å²) in [7, 11) is 0. The van der Waals surface area contributed by atoms with Crippen LogP contribution in [0, 0.1) is 0 Å². The topological polar surface area (TPSA) is 54.5 Å². The summed E-state index contributed by atoms with van der Waals surface area (Å²) in [6, 6.07) is 17.3. The van der Waals surface area contributed by atoms with Gasteiger partial charge in [0.15, 0.2) is 5.13 Å². The van der Waals surface area contributed by atoms with E-state index in [1.54, 1.807) is 6.20 Å². The number of benzene rings is 2. The Morgan fingerprint density at radius 3 is 2.62 bits per heavy atom. The zero-order valence-corrected chi connectivity index (χ0v) is 17.5. The number of thiazole rings is 1. The van der Waals surface area contributed by atoms with Crippen LogP contribution in [0.5, 0.6) is 0 Å². The van der Waals surface area contributed by atoms with E-state index in [1.165, 1.54) is 11.3 Å². The van der Waals surface area contributed by atoms with E-state index in [4.69, 9.17) is 16.3 Å². The van der Waals surface area contributed by atoms with Crippen molar-refractivity contribution in [1.82, 2.24) is 9.88 Å². The Morgan fingerprint density at radius 1 is 1.14 bits per heavy atom. The van der Waals surface area contributed by atoms with Gasteiger partial charge in [-0.1, -0.05) is 60.1 Å². The van der Waals surface area contributed by atoms with Gasteiger partial charge in [0.2, 0.25) is 5.91 Å². The lowest BCUT2D eigenvalue weighted by Gasteiger charge is -2.33. The Labute approximate surface area is 179 Å². The number of halogens is 1. The van der Waals surface area contributed by atoms with E-state index in [2.05, 4.69) is 15.2 Å². The SMILES string of the molecule is O=C(Nc1ncc(Cc2ccccc2Cl)s1)C(c1ccccc1)N1CCOCC1. The number of ether oxygens (including phenoxy) is 1. The molecule has 1 fully saturated rings. The van der Waals surface area contributed by atoms with Crippen LogP contribution in [0.1, 0.15) is 22.0 Å². The van der Waals surface area contributed by atoms with Gasteiger partial charge in [-0.15, -0.1) is 11.3 Å². The fourth-order valence-electron chi connectivity index (χ4n) is 3.45. The molecule has 1 N–H and O–H groups in total. The van der Waals surface area contributed by atoms with Crippen LogP contribution >= 0.6 is 22.9 Å². The maximum Gasteiger partial charge on any atom is 0.248 e. The van der Waals surface area contributed by atoms with Crippen molar-refractivity contribution in [1.29, 1.82) is 0 Å². The summed E-state index contributed by atoms with van der Waals surface area (Å²) in [5, 5.41) is 4.35. The van der Waals surface area contributed by atoms with Crippen molar-refractivity contribution in [3.63, 3.8) is 0 Å². The predicted molar refractivity (Wildman–Crippen MR) is 117 cm³/mol. The van der Waals surface area contributed by atoms with Crippen molar-refractivity contribution in [2.45, 2.75) is 12.5 Å². The Morgan fingerprint density at radius 2 is 1.86 bits per heavy atom. The molecular weight excluding hydrogens is 406 g/mol. The molecule has 29 heavy (non-hydrogen) atoms. The summed E-state index contributed by atoms with van der Waals surface area (Å²) in [5.74, 6) is -0.0725. The van der Waals surface area contributed by atoms with E-state index in [9.17, 15) is 4.79 Å². The number of anilines is 1. The van der Waals surface area contributed by atoms with E-state index in [0.717, 1.165) is 34.1 Å². The van der Waals surface area contributed by atoms with Gasteiger partial charge < -0.3 is 10.1 Å². The molecule has 1 aromatic heterocycles. The summed E-state index contributed by atoms with van der Waals surface area (Å²) in [4.78, 5) is 20.8. The van der Waals surface area contributed by atoms with Gasteiger partial charge in [-0.25, -0.2) is 4.98 Å². The first-order valence-corrected chi connectivity index (χ1v) is 10.8. The smallest absolute Gasteiger partial charge is 0.248 e. The van der Waals surface area contributed by atoms with Gasteiger partial charge in [-0.2, -0.15) is 0 Å². The average Bonchev–Trinajstić information content (AvgIpc) is 3.18. The number of carbonyl (C=O) groups excluding carboxylic acids is 1. The summed E-state index contributed by atoms with van der Waals surface area (Å²) >= 11 is 7.74. The Balaban J connectivity index is 1.49. The maximum absolute atomic E-state index is 13.2. The molecule has 4 rings (SSSR count). The maximum atomic E-state index is 13.2. The zero-order chi connectivity index (χ0) is 20.1. The number of morpholine rings is 1. The highest BCUT2D eigenvalue weighted by Crippen LogP contribution is 2.27. The van der Waals surface area contributed by atoms with E-state index in [1.807, 2.05) is 54.6 Å². The number of hydrogen-bond donors (Lipinski definition) is 1. The van der Waals surface area contributed by atoms with Crippen molar-refractivity contribution in [3.8, 4) is 0 Å². The second kappa shape index (κ2) is 9.50. The highest BCUT2D eigenvalue weighted by Gasteiger charge is 2.29. The number of amides is 1. The normalized spacial score (nSPS) is 15.8. The Bertz CT molecular complexity index is 957. The van der Waals surface area contributed by atoms with Crippen LogP contribution in [-0.2, 0) is 16.0 Å². The quantitative estimate of drug-likeness (QED) is 0.633. The monoisotopic (exact) mass is 427 g/mol. The van der Waals surface area contributed by atoms with Gasteiger partial charge in [-0.05, 0) is 17.2 Å². The molecule has 1 amide bonds. The molecule has 0 bridgehead atoms. The minimum atomic E-state index is -0.365. The number of rotatable bonds is 6. The predicted octanol–water partition coefficient (Wildman–Crippen LogP) is 4.40. The Kier molecular flexibility index (Phi) is 6.56. The highest BCUT2D eigenvalue weighted by atomic mass is 35.5. The van der Waals surface area contributed by atoms with Gasteiger partial charge in [0.25, 0.3) is 0 Å². The molecule has 0 aliphatic carbocycles. The van der Waals surface area contributed by atoms with Crippen LogP contribution in [-0.4, -0.2) is 42.1 Å². The first-order chi connectivity index (χ1) is 14.2.